The van der Waals surface area contributed by atoms with E-state index in [1.54, 1.807) is 0 Å². The van der Waals surface area contributed by atoms with Gasteiger partial charge >= 0.3 is 29.8 Å². The molecular formula is C30H56O15. The van der Waals surface area contributed by atoms with Crippen molar-refractivity contribution in [3.05, 3.63) is 23.7 Å². The van der Waals surface area contributed by atoms with E-state index in [0.29, 0.717) is 13.2 Å². The second-order valence-corrected chi connectivity index (χ2v) is 9.14. The summed E-state index contributed by atoms with van der Waals surface area (Å²) < 4.78 is 10.2. The molecule has 15 heteroatoms. The lowest BCUT2D eigenvalue weighted by atomic mass is 10.1. The first-order chi connectivity index (χ1) is 21.2. The maximum atomic E-state index is 10.4. The molecule has 0 bridgehead atoms. The zero-order chi connectivity index (χ0) is 35.9. The van der Waals surface area contributed by atoms with Gasteiger partial charge in [0, 0.05) is 0 Å². The van der Waals surface area contributed by atoms with Crippen molar-refractivity contribution in [2.24, 2.45) is 0 Å². The molecule has 0 radical (unpaired) electrons. The Labute approximate surface area is 265 Å². The molecule has 0 aliphatic rings. The Hall–Kier alpha value is -3.69. The van der Waals surface area contributed by atoms with Gasteiger partial charge < -0.3 is 50.3 Å². The first-order valence-electron chi connectivity index (χ1n) is 14.7. The number of ether oxygens (including phenoxy) is 2. The van der Waals surface area contributed by atoms with Crippen molar-refractivity contribution in [2.75, 3.05) is 33.0 Å². The Kier molecular flexibility index (Phi) is 48.0. The number of hydrogen-bond acceptors (Lipinski definition) is 10. The average Bonchev–Trinajstić information content (AvgIpc) is 3.00. The van der Waals surface area contributed by atoms with E-state index in [4.69, 9.17) is 64.7 Å². The van der Waals surface area contributed by atoms with Crippen molar-refractivity contribution >= 4 is 29.8 Å². The van der Waals surface area contributed by atoms with E-state index in [1.807, 2.05) is 0 Å². The maximum Gasteiger partial charge on any atom is 0.334 e. The predicted molar refractivity (Wildman–Crippen MR) is 166 cm³/mol. The lowest BCUT2D eigenvalue weighted by Crippen LogP contribution is -1.98. The van der Waals surface area contributed by atoms with Gasteiger partial charge in [-0.1, -0.05) is 78.1 Å². The number of rotatable bonds is 21. The number of aliphatic carboxylic acids is 5. The summed E-state index contributed by atoms with van der Waals surface area (Å²) in [5.74, 6) is -5.41. The molecule has 0 aromatic carbocycles. The van der Waals surface area contributed by atoms with Crippen molar-refractivity contribution in [1.29, 1.82) is 0 Å². The van der Waals surface area contributed by atoms with E-state index in [-0.39, 0.29) is 11.1 Å². The number of carbonyl (C=O) groups is 5. The maximum absolute atomic E-state index is 10.4. The lowest BCUT2D eigenvalue weighted by Gasteiger charge is -2.01. The summed E-state index contributed by atoms with van der Waals surface area (Å²) in [6.07, 6.45) is 17.2. The van der Waals surface area contributed by atoms with Crippen LogP contribution in [-0.2, 0) is 33.4 Å². The Balaban J connectivity index is -0.000000164. The summed E-state index contributed by atoms with van der Waals surface area (Å²) in [6, 6.07) is 0. The predicted octanol–water partition coefficient (Wildman–Crippen LogP) is 3.89. The Bertz CT molecular complexity index is 715. The molecule has 0 heterocycles. The number of carboxylic acid groups (broad SMARTS) is 5. The second kappa shape index (κ2) is 42.4. The van der Waals surface area contributed by atoms with Crippen molar-refractivity contribution in [2.45, 2.75) is 105 Å². The molecule has 0 saturated heterocycles. The van der Waals surface area contributed by atoms with Crippen LogP contribution in [0.1, 0.15) is 105 Å². The molecule has 0 atom stereocenters. The minimum absolute atomic E-state index is 0.251. The first kappa shape index (κ1) is 50.9. The van der Waals surface area contributed by atoms with Crippen molar-refractivity contribution in [1.82, 2.24) is 0 Å². The first-order valence-corrected chi connectivity index (χ1v) is 14.7. The summed E-state index contributed by atoms with van der Waals surface area (Å²) in [6.45, 7) is 6.37. The van der Waals surface area contributed by atoms with Gasteiger partial charge in [0.15, 0.2) is 0 Å². The summed E-state index contributed by atoms with van der Waals surface area (Å²) >= 11 is 0. The van der Waals surface area contributed by atoms with E-state index in [0.717, 1.165) is 12.8 Å². The van der Waals surface area contributed by atoms with Crippen LogP contribution in [-0.4, -0.2) is 104 Å². The van der Waals surface area contributed by atoms with Crippen LogP contribution in [0.4, 0.5) is 0 Å². The quantitative estimate of drug-likeness (QED) is 0.0494. The Morgan fingerprint density at radius 2 is 0.689 bits per heavy atom. The SMILES string of the molecule is CCCCCCCCOC=C(C)C(=O)O.CCCCCCCCOC=C(C)C(=O)O.O=C(O)CO.O=C(O)CO.O=C(O)CO. The average molecular weight is 657 g/mol. The molecule has 0 saturated carbocycles. The van der Waals surface area contributed by atoms with Gasteiger partial charge in [-0.25, -0.2) is 24.0 Å². The monoisotopic (exact) mass is 656 g/mol. The zero-order valence-corrected chi connectivity index (χ0v) is 27.1. The van der Waals surface area contributed by atoms with Crippen molar-refractivity contribution in [3.63, 3.8) is 0 Å². The molecular weight excluding hydrogens is 600 g/mol. The third-order valence-electron chi connectivity index (χ3n) is 4.83. The van der Waals surface area contributed by atoms with E-state index in [9.17, 15) is 9.59 Å². The largest absolute Gasteiger partial charge is 0.501 e. The standard InChI is InChI=1S/2C12H22O3.3C2H4O3/c2*1-3-4-5-6-7-8-9-15-10-11(2)12(13)14;3*3-1-2(4)5/h2*10H,3-9H2,1-2H3,(H,13,14);3*3H,1H2,(H,4,5). The number of unbranched alkanes of at least 4 members (excludes halogenated alkanes) is 10. The molecule has 0 aromatic rings. The molecule has 0 aliphatic carbocycles. The Morgan fingerprint density at radius 1 is 0.467 bits per heavy atom. The van der Waals surface area contributed by atoms with Crippen LogP contribution < -0.4 is 0 Å². The highest BCUT2D eigenvalue weighted by Gasteiger charge is 1.99. The highest BCUT2D eigenvalue weighted by molar-refractivity contribution is 5.85. The van der Waals surface area contributed by atoms with Crippen LogP contribution in [0.3, 0.4) is 0 Å². The molecule has 0 aromatic heterocycles. The highest BCUT2D eigenvalue weighted by atomic mass is 16.5. The third kappa shape index (κ3) is 64.4. The van der Waals surface area contributed by atoms with E-state index < -0.39 is 49.7 Å². The fraction of sp³-hybridized carbons (Fsp3) is 0.700. The van der Waals surface area contributed by atoms with Crippen molar-refractivity contribution in [3.8, 4) is 0 Å². The molecule has 0 unspecified atom stereocenters. The second-order valence-electron chi connectivity index (χ2n) is 9.14. The van der Waals surface area contributed by atoms with Crippen LogP contribution >= 0.6 is 0 Å². The third-order valence-corrected chi connectivity index (χ3v) is 4.83. The van der Waals surface area contributed by atoms with Gasteiger partial charge in [-0.05, 0) is 26.7 Å². The van der Waals surface area contributed by atoms with E-state index >= 15 is 0 Å². The highest BCUT2D eigenvalue weighted by Crippen LogP contribution is 2.06. The van der Waals surface area contributed by atoms with E-state index in [1.165, 1.54) is 90.6 Å². The summed E-state index contributed by atoms with van der Waals surface area (Å²) in [5.41, 5.74) is 0.502. The zero-order valence-electron chi connectivity index (χ0n) is 27.1. The number of hydrogen-bond donors (Lipinski definition) is 8. The minimum atomic E-state index is -1.19. The van der Waals surface area contributed by atoms with Gasteiger partial charge in [-0.15, -0.1) is 0 Å². The lowest BCUT2D eigenvalue weighted by molar-refractivity contribution is -0.141. The number of aliphatic hydroxyl groups excluding tert-OH is 3. The fourth-order valence-corrected chi connectivity index (χ4v) is 2.40. The van der Waals surface area contributed by atoms with Crippen LogP contribution in [0.15, 0.2) is 23.7 Å². The van der Waals surface area contributed by atoms with Crippen LogP contribution in [0.2, 0.25) is 0 Å². The topological polar surface area (TPSA) is 266 Å². The van der Waals surface area contributed by atoms with Gasteiger partial charge in [0.25, 0.3) is 0 Å². The van der Waals surface area contributed by atoms with Gasteiger partial charge in [0.1, 0.15) is 19.8 Å². The number of aliphatic hydroxyl groups is 3. The molecule has 45 heavy (non-hydrogen) atoms. The summed E-state index contributed by atoms with van der Waals surface area (Å²) in [4.78, 5) is 48.1. The summed E-state index contributed by atoms with van der Waals surface area (Å²) in [7, 11) is 0. The molecule has 15 nitrogen and oxygen atoms in total. The summed E-state index contributed by atoms with van der Waals surface area (Å²) in [5, 5.41) is 62.1. The molecule has 0 aliphatic heterocycles. The Morgan fingerprint density at radius 3 is 0.889 bits per heavy atom. The van der Waals surface area contributed by atoms with Gasteiger partial charge in [0.05, 0.1) is 36.9 Å². The molecule has 0 amide bonds. The molecule has 0 fully saturated rings. The fourth-order valence-electron chi connectivity index (χ4n) is 2.40. The van der Waals surface area contributed by atoms with Gasteiger partial charge in [0.2, 0.25) is 0 Å². The van der Waals surface area contributed by atoms with Crippen LogP contribution in [0.5, 0.6) is 0 Å². The molecule has 8 N–H and O–H groups in total. The van der Waals surface area contributed by atoms with Crippen molar-refractivity contribution < 1.29 is 74.3 Å². The molecule has 0 spiro atoms. The van der Waals surface area contributed by atoms with Crippen LogP contribution in [0, 0.1) is 0 Å². The normalized spacial score (nSPS) is 10.1. The minimum Gasteiger partial charge on any atom is -0.501 e. The van der Waals surface area contributed by atoms with Gasteiger partial charge in [-0.2, -0.15) is 0 Å². The van der Waals surface area contributed by atoms with Crippen LogP contribution in [0.25, 0.3) is 0 Å². The van der Waals surface area contributed by atoms with Gasteiger partial charge in [-0.3, -0.25) is 0 Å². The number of carboxylic acids is 5. The smallest absolute Gasteiger partial charge is 0.334 e. The van der Waals surface area contributed by atoms with E-state index in [2.05, 4.69) is 13.8 Å². The molecule has 266 valence electrons. The molecule has 0 rings (SSSR count).